The molecule has 1 aliphatic carbocycles. The third-order valence-electron chi connectivity index (χ3n) is 1.76. The van der Waals surface area contributed by atoms with Gasteiger partial charge in [0.2, 0.25) is 0 Å². The molecule has 0 spiro atoms. The Hall–Kier alpha value is -0.0800. The molecule has 1 saturated carbocycles. The lowest BCUT2D eigenvalue weighted by atomic mass is 9.94. The molecular weight excluding hydrogens is 102 g/mol. The predicted octanol–water partition coefficient (Wildman–Crippen LogP) is -0.468. The Kier molecular flexibility index (Phi) is 1.86. The number of rotatable bonds is 0. The fourth-order valence-corrected chi connectivity index (χ4v) is 1.26. The fourth-order valence-electron chi connectivity index (χ4n) is 1.26. The van der Waals surface area contributed by atoms with E-state index in [-0.39, 0.29) is 6.10 Å². The van der Waals surface area contributed by atoms with Crippen molar-refractivity contribution >= 4 is 0 Å². The Balaban J connectivity index is 2.23. The topological polar surface area (TPSA) is 47.9 Å². The van der Waals surface area contributed by atoms with Gasteiger partial charge in [-0.3, -0.25) is 0 Å². The minimum atomic E-state index is -0.0498. The smallest absolute Gasteiger partial charge is 0.0868 e. The van der Waals surface area contributed by atoms with Gasteiger partial charge in [-0.1, -0.05) is 0 Å². The van der Waals surface area contributed by atoms with Crippen LogP contribution in [0.2, 0.25) is 0 Å². The predicted molar refractivity (Wildman–Crippen MR) is 31.2 cm³/mol. The Bertz CT molecular complexity index is 66.9. The van der Waals surface area contributed by atoms with E-state index in [1.54, 1.807) is 0 Å². The van der Waals surface area contributed by atoms with Crippen LogP contribution in [0.1, 0.15) is 25.7 Å². The van der Waals surface area contributed by atoms with E-state index < -0.39 is 0 Å². The molecule has 0 aromatic carbocycles. The highest BCUT2D eigenvalue weighted by atomic mass is 16.3. The minimum absolute atomic E-state index is 0.0498. The highest BCUT2D eigenvalue weighted by Crippen LogP contribution is 2.14. The van der Waals surface area contributed by atoms with Crippen LogP contribution in [0.5, 0.6) is 0 Å². The molecule has 0 unspecified atom stereocenters. The Morgan fingerprint density at radius 3 is 2.50 bits per heavy atom. The van der Waals surface area contributed by atoms with Gasteiger partial charge in [-0.25, -0.2) is 0 Å². The zero-order valence-corrected chi connectivity index (χ0v) is 5.14. The summed E-state index contributed by atoms with van der Waals surface area (Å²) in [4.78, 5) is 0. The van der Waals surface area contributed by atoms with Crippen LogP contribution in [0.15, 0.2) is 0 Å². The van der Waals surface area contributed by atoms with Crippen LogP contribution in [-0.2, 0) is 0 Å². The molecule has 0 heterocycles. The number of quaternary nitrogens is 1. The van der Waals surface area contributed by atoms with Gasteiger partial charge >= 0.3 is 0 Å². The lowest BCUT2D eigenvalue weighted by Gasteiger charge is -2.19. The Morgan fingerprint density at radius 1 is 1.38 bits per heavy atom. The third kappa shape index (κ3) is 1.46. The van der Waals surface area contributed by atoms with E-state index in [1.165, 1.54) is 6.42 Å². The largest absolute Gasteiger partial charge is 0.393 e. The van der Waals surface area contributed by atoms with Gasteiger partial charge in [0.15, 0.2) is 0 Å². The SMILES string of the molecule is [NH3+][C@@H]1CCC[C@@H](O)C1. The van der Waals surface area contributed by atoms with Crippen LogP contribution >= 0.6 is 0 Å². The molecule has 0 aromatic rings. The van der Waals surface area contributed by atoms with Crippen LogP contribution in [0.3, 0.4) is 0 Å². The summed E-state index contributed by atoms with van der Waals surface area (Å²) >= 11 is 0. The molecule has 1 aliphatic rings. The molecule has 8 heavy (non-hydrogen) atoms. The van der Waals surface area contributed by atoms with E-state index in [0.717, 1.165) is 19.3 Å². The highest BCUT2D eigenvalue weighted by molar-refractivity contribution is 4.68. The van der Waals surface area contributed by atoms with Gasteiger partial charge in [0.25, 0.3) is 0 Å². The van der Waals surface area contributed by atoms with Crippen LogP contribution in [-0.4, -0.2) is 17.3 Å². The molecule has 0 aliphatic heterocycles. The van der Waals surface area contributed by atoms with Crippen molar-refractivity contribution < 1.29 is 10.8 Å². The zero-order chi connectivity index (χ0) is 5.98. The zero-order valence-electron chi connectivity index (χ0n) is 5.14. The molecule has 2 heteroatoms. The summed E-state index contributed by atoms with van der Waals surface area (Å²) in [5.41, 5.74) is 3.89. The third-order valence-corrected chi connectivity index (χ3v) is 1.76. The van der Waals surface area contributed by atoms with E-state index in [9.17, 15) is 0 Å². The van der Waals surface area contributed by atoms with Crippen molar-refractivity contribution in [1.82, 2.24) is 0 Å². The first-order valence-electron chi connectivity index (χ1n) is 3.30. The van der Waals surface area contributed by atoms with Crippen molar-refractivity contribution in [3.63, 3.8) is 0 Å². The maximum Gasteiger partial charge on any atom is 0.0868 e. The van der Waals surface area contributed by atoms with Crippen LogP contribution in [0, 0.1) is 0 Å². The first kappa shape index (κ1) is 6.05. The quantitative estimate of drug-likeness (QED) is 0.441. The van der Waals surface area contributed by atoms with Gasteiger partial charge in [0.1, 0.15) is 0 Å². The summed E-state index contributed by atoms with van der Waals surface area (Å²) in [7, 11) is 0. The number of aliphatic hydroxyl groups excluding tert-OH is 1. The molecule has 0 bridgehead atoms. The second-order valence-corrected chi connectivity index (χ2v) is 2.69. The standard InChI is InChI=1S/C6H13NO/c7-5-2-1-3-6(8)4-5/h5-6,8H,1-4,7H2/p+1/t5-,6-/m1/s1. The molecule has 2 nitrogen and oxygen atoms in total. The molecule has 4 N–H and O–H groups in total. The minimum Gasteiger partial charge on any atom is -0.393 e. The van der Waals surface area contributed by atoms with Crippen LogP contribution in [0.4, 0.5) is 0 Å². The van der Waals surface area contributed by atoms with Gasteiger partial charge in [0.05, 0.1) is 12.1 Å². The molecule has 1 fully saturated rings. The molecule has 0 amide bonds. The summed E-state index contributed by atoms with van der Waals surface area (Å²) in [5, 5.41) is 9.04. The van der Waals surface area contributed by atoms with Crippen molar-refractivity contribution in [3.8, 4) is 0 Å². The molecule has 0 saturated heterocycles. The molecule has 2 atom stereocenters. The lowest BCUT2D eigenvalue weighted by molar-refractivity contribution is -0.428. The molecule has 1 rings (SSSR count). The van der Waals surface area contributed by atoms with Gasteiger partial charge < -0.3 is 10.8 Å². The van der Waals surface area contributed by atoms with Crippen molar-refractivity contribution in [1.29, 1.82) is 0 Å². The Morgan fingerprint density at radius 2 is 2.12 bits per heavy atom. The lowest BCUT2D eigenvalue weighted by Crippen LogP contribution is -2.62. The van der Waals surface area contributed by atoms with E-state index in [4.69, 9.17) is 5.11 Å². The van der Waals surface area contributed by atoms with Crippen molar-refractivity contribution in [2.75, 3.05) is 0 Å². The second-order valence-electron chi connectivity index (χ2n) is 2.69. The molecule has 0 aromatic heterocycles. The first-order chi connectivity index (χ1) is 3.79. The average molecular weight is 116 g/mol. The summed E-state index contributed by atoms with van der Waals surface area (Å²) in [6, 6.07) is 0.513. The maximum absolute atomic E-state index is 9.04. The van der Waals surface area contributed by atoms with E-state index in [1.807, 2.05) is 0 Å². The van der Waals surface area contributed by atoms with E-state index in [0.29, 0.717) is 6.04 Å². The Labute approximate surface area is 49.7 Å². The van der Waals surface area contributed by atoms with Crippen LogP contribution in [0.25, 0.3) is 0 Å². The molecule has 48 valence electrons. The van der Waals surface area contributed by atoms with Crippen molar-refractivity contribution in [2.24, 2.45) is 0 Å². The van der Waals surface area contributed by atoms with Crippen molar-refractivity contribution in [3.05, 3.63) is 0 Å². The second kappa shape index (κ2) is 2.46. The van der Waals surface area contributed by atoms with Gasteiger partial charge in [-0.05, 0) is 19.3 Å². The molecular formula is C6H14NO+. The first-order valence-corrected chi connectivity index (χ1v) is 3.30. The summed E-state index contributed by atoms with van der Waals surface area (Å²) in [5.74, 6) is 0. The van der Waals surface area contributed by atoms with Crippen LogP contribution < -0.4 is 5.73 Å². The average Bonchev–Trinajstić information content (AvgIpc) is 1.64. The number of hydrogen-bond acceptors (Lipinski definition) is 1. The number of aliphatic hydroxyl groups is 1. The highest BCUT2D eigenvalue weighted by Gasteiger charge is 2.18. The van der Waals surface area contributed by atoms with E-state index in [2.05, 4.69) is 5.73 Å². The van der Waals surface area contributed by atoms with Gasteiger partial charge in [-0.15, -0.1) is 0 Å². The van der Waals surface area contributed by atoms with Crippen molar-refractivity contribution in [2.45, 2.75) is 37.8 Å². The summed E-state index contributed by atoms with van der Waals surface area (Å²) < 4.78 is 0. The fraction of sp³-hybridized carbons (Fsp3) is 1.00. The maximum atomic E-state index is 9.04. The summed E-state index contributed by atoms with van der Waals surface area (Å²) in [6.45, 7) is 0. The van der Waals surface area contributed by atoms with E-state index >= 15 is 0 Å². The monoisotopic (exact) mass is 116 g/mol. The normalized spacial score (nSPS) is 39.8. The summed E-state index contributed by atoms with van der Waals surface area (Å²) in [6.07, 6.45) is 4.23. The van der Waals surface area contributed by atoms with Gasteiger partial charge in [0, 0.05) is 6.42 Å². The molecule has 0 radical (unpaired) electrons. The van der Waals surface area contributed by atoms with Gasteiger partial charge in [-0.2, -0.15) is 0 Å². The number of hydrogen-bond donors (Lipinski definition) is 2.